The second-order valence-corrected chi connectivity index (χ2v) is 3.92. The van der Waals surface area contributed by atoms with Gasteiger partial charge in [-0.25, -0.2) is 0 Å². The lowest BCUT2D eigenvalue weighted by atomic mass is 10.1. The average molecular weight is 197 g/mol. The molecule has 78 valence electrons. The van der Waals surface area contributed by atoms with Gasteiger partial charge in [-0.1, -0.05) is 0 Å². The quantitative estimate of drug-likeness (QED) is 0.601. The molecule has 0 bridgehead atoms. The third kappa shape index (κ3) is 3.90. The summed E-state index contributed by atoms with van der Waals surface area (Å²) in [6.45, 7) is 5.34. The van der Waals surface area contributed by atoms with Crippen molar-refractivity contribution < 1.29 is 9.59 Å². The molecule has 0 aromatic heterocycles. The van der Waals surface area contributed by atoms with Crippen LogP contribution in [-0.4, -0.2) is 24.4 Å². The topological polar surface area (TPSA) is 82.0 Å². The SMILES string of the molecule is CNC(=O)C(C#N)C(=O)NC(C)(C)C. The van der Waals surface area contributed by atoms with Crippen LogP contribution >= 0.6 is 0 Å². The third-order valence-electron chi connectivity index (χ3n) is 1.40. The molecule has 0 aromatic rings. The van der Waals surface area contributed by atoms with Crippen LogP contribution in [0.3, 0.4) is 0 Å². The van der Waals surface area contributed by atoms with Gasteiger partial charge in [0.2, 0.25) is 17.7 Å². The van der Waals surface area contributed by atoms with E-state index in [2.05, 4.69) is 10.6 Å². The smallest absolute Gasteiger partial charge is 0.247 e. The second-order valence-electron chi connectivity index (χ2n) is 3.92. The molecule has 2 N–H and O–H groups in total. The van der Waals surface area contributed by atoms with Gasteiger partial charge in [0.25, 0.3) is 0 Å². The highest BCUT2D eigenvalue weighted by Gasteiger charge is 2.28. The van der Waals surface area contributed by atoms with Crippen LogP contribution in [0.5, 0.6) is 0 Å². The zero-order valence-corrected chi connectivity index (χ0v) is 8.84. The Morgan fingerprint density at radius 2 is 1.79 bits per heavy atom. The zero-order valence-electron chi connectivity index (χ0n) is 8.84. The van der Waals surface area contributed by atoms with Crippen LogP contribution in [0.1, 0.15) is 20.8 Å². The van der Waals surface area contributed by atoms with Gasteiger partial charge in [0, 0.05) is 12.6 Å². The molecular formula is C9H15N3O2. The maximum atomic E-state index is 11.4. The summed E-state index contributed by atoms with van der Waals surface area (Å²) in [5.74, 6) is -2.44. The van der Waals surface area contributed by atoms with Crippen LogP contribution in [0, 0.1) is 17.2 Å². The Labute approximate surface area is 83.5 Å². The number of nitrogens with one attached hydrogen (secondary N) is 2. The molecular weight excluding hydrogens is 182 g/mol. The molecule has 0 aliphatic carbocycles. The highest BCUT2D eigenvalue weighted by atomic mass is 16.2. The maximum absolute atomic E-state index is 11.4. The highest BCUT2D eigenvalue weighted by molar-refractivity contribution is 6.02. The standard InChI is InChI=1S/C9H15N3O2/c1-9(2,3)12-8(14)6(5-10)7(13)11-4/h6H,1-4H3,(H,11,13)(H,12,14). The lowest BCUT2D eigenvalue weighted by Crippen LogP contribution is -2.47. The van der Waals surface area contributed by atoms with E-state index in [1.54, 1.807) is 26.8 Å². The van der Waals surface area contributed by atoms with Crippen molar-refractivity contribution in [2.75, 3.05) is 7.05 Å². The maximum Gasteiger partial charge on any atom is 0.247 e. The summed E-state index contributed by atoms with van der Waals surface area (Å²) < 4.78 is 0. The van der Waals surface area contributed by atoms with E-state index >= 15 is 0 Å². The molecule has 0 saturated heterocycles. The highest BCUT2D eigenvalue weighted by Crippen LogP contribution is 2.02. The summed E-state index contributed by atoms with van der Waals surface area (Å²) in [7, 11) is 1.39. The van der Waals surface area contributed by atoms with E-state index in [-0.39, 0.29) is 0 Å². The van der Waals surface area contributed by atoms with Crippen LogP contribution in [0.2, 0.25) is 0 Å². The molecule has 0 rings (SSSR count). The lowest BCUT2D eigenvalue weighted by Gasteiger charge is -2.21. The van der Waals surface area contributed by atoms with E-state index in [1.165, 1.54) is 7.05 Å². The van der Waals surface area contributed by atoms with Gasteiger partial charge in [0.15, 0.2) is 0 Å². The van der Waals surface area contributed by atoms with Gasteiger partial charge < -0.3 is 10.6 Å². The molecule has 0 saturated carbocycles. The molecule has 1 atom stereocenters. The fraction of sp³-hybridized carbons (Fsp3) is 0.667. The number of nitrogens with zero attached hydrogens (tertiary/aromatic N) is 1. The molecule has 0 aliphatic heterocycles. The second kappa shape index (κ2) is 4.61. The van der Waals surface area contributed by atoms with Gasteiger partial charge >= 0.3 is 0 Å². The summed E-state index contributed by atoms with van der Waals surface area (Å²) in [4.78, 5) is 22.5. The number of carbonyl (C=O) groups is 2. The van der Waals surface area contributed by atoms with Gasteiger partial charge in [-0.3, -0.25) is 9.59 Å². The number of hydrogen-bond acceptors (Lipinski definition) is 3. The minimum absolute atomic E-state index is 0.444. The van der Waals surface area contributed by atoms with Crippen LogP contribution in [0.15, 0.2) is 0 Å². The molecule has 0 heterocycles. The number of rotatable bonds is 2. The number of amides is 2. The predicted octanol–water partition coefficient (Wildman–Crippen LogP) is -0.213. The number of carbonyl (C=O) groups excluding carboxylic acids is 2. The monoisotopic (exact) mass is 197 g/mol. The fourth-order valence-electron chi connectivity index (χ4n) is 0.822. The largest absolute Gasteiger partial charge is 0.358 e. The van der Waals surface area contributed by atoms with E-state index in [0.29, 0.717) is 0 Å². The molecule has 14 heavy (non-hydrogen) atoms. The Balaban J connectivity index is 4.51. The lowest BCUT2D eigenvalue weighted by molar-refractivity contribution is -0.133. The summed E-state index contributed by atoms with van der Waals surface area (Å²) in [5, 5.41) is 13.4. The van der Waals surface area contributed by atoms with Crippen molar-refractivity contribution in [3.05, 3.63) is 0 Å². The van der Waals surface area contributed by atoms with Crippen molar-refractivity contribution in [3.63, 3.8) is 0 Å². The van der Waals surface area contributed by atoms with Crippen molar-refractivity contribution in [2.24, 2.45) is 5.92 Å². The normalized spacial score (nSPS) is 12.5. The van der Waals surface area contributed by atoms with E-state index in [9.17, 15) is 9.59 Å². The first-order chi connectivity index (χ1) is 6.31. The van der Waals surface area contributed by atoms with Crippen LogP contribution in [0.4, 0.5) is 0 Å². The number of hydrogen-bond donors (Lipinski definition) is 2. The number of nitriles is 1. The molecule has 0 aromatic carbocycles. The molecule has 5 heteroatoms. The molecule has 0 aliphatic rings. The third-order valence-corrected chi connectivity index (χ3v) is 1.40. The van der Waals surface area contributed by atoms with Crippen molar-refractivity contribution in [1.29, 1.82) is 5.26 Å². The van der Waals surface area contributed by atoms with Gasteiger partial charge in [0.05, 0.1) is 6.07 Å². The van der Waals surface area contributed by atoms with Crippen molar-refractivity contribution in [1.82, 2.24) is 10.6 Å². The Hall–Kier alpha value is -1.57. The van der Waals surface area contributed by atoms with Crippen molar-refractivity contribution >= 4 is 11.8 Å². The Morgan fingerprint density at radius 3 is 2.07 bits per heavy atom. The first kappa shape index (κ1) is 12.4. The molecule has 0 fully saturated rings. The molecule has 5 nitrogen and oxygen atoms in total. The van der Waals surface area contributed by atoms with Gasteiger partial charge in [0.1, 0.15) is 0 Å². The van der Waals surface area contributed by atoms with Gasteiger partial charge in [-0.15, -0.1) is 0 Å². The Kier molecular flexibility index (Phi) is 4.09. The Morgan fingerprint density at radius 1 is 1.29 bits per heavy atom. The van der Waals surface area contributed by atoms with Crippen LogP contribution < -0.4 is 10.6 Å². The van der Waals surface area contributed by atoms with Crippen molar-refractivity contribution in [3.8, 4) is 6.07 Å². The zero-order chi connectivity index (χ0) is 11.4. The Bertz CT molecular complexity index is 273. The first-order valence-electron chi connectivity index (χ1n) is 4.25. The molecule has 2 amide bonds. The fourth-order valence-corrected chi connectivity index (χ4v) is 0.822. The van der Waals surface area contributed by atoms with E-state index in [1.807, 2.05) is 0 Å². The first-order valence-corrected chi connectivity index (χ1v) is 4.25. The summed E-state index contributed by atoms with van der Waals surface area (Å²) >= 11 is 0. The van der Waals surface area contributed by atoms with E-state index in [0.717, 1.165) is 0 Å². The summed E-state index contributed by atoms with van der Waals surface area (Å²) in [6.07, 6.45) is 0. The average Bonchev–Trinajstić information content (AvgIpc) is 2.01. The molecule has 0 radical (unpaired) electrons. The van der Waals surface area contributed by atoms with Crippen molar-refractivity contribution in [2.45, 2.75) is 26.3 Å². The summed E-state index contributed by atoms with van der Waals surface area (Å²) in [5.41, 5.74) is -0.444. The van der Waals surface area contributed by atoms with Gasteiger partial charge in [-0.2, -0.15) is 5.26 Å². The van der Waals surface area contributed by atoms with Crippen LogP contribution in [0.25, 0.3) is 0 Å². The molecule has 0 spiro atoms. The van der Waals surface area contributed by atoms with Crippen LogP contribution in [-0.2, 0) is 9.59 Å². The van der Waals surface area contributed by atoms with E-state index in [4.69, 9.17) is 5.26 Å². The minimum Gasteiger partial charge on any atom is -0.358 e. The molecule has 1 unspecified atom stereocenters. The predicted molar refractivity (Wildman–Crippen MR) is 51.1 cm³/mol. The minimum atomic E-state index is -1.28. The van der Waals surface area contributed by atoms with Gasteiger partial charge in [-0.05, 0) is 20.8 Å². The van der Waals surface area contributed by atoms with E-state index < -0.39 is 23.3 Å². The summed E-state index contributed by atoms with van der Waals surface area (Å²) in [6, 6.07) is 1.65.